The molecule has 1 N–H and O–H groups in total. The minimum Gasteiger partial charge on any atom is -0.481 e. The fraction of sp³-hybridized carbons (Fsp3) is 0.375. The van der Waals surface area contributed by atoms with Gasteiger partial charge in [-0.15, -0.1) is 11.3 Å². The van der Waals surface area contributed by atoms with Gasteiger partial charge in [-0.1, -0.05) is 30.3 Å². The van der Waals surface area contributed by atoms with Gasteiger partial charge in [-0.05, 0) is 19.4 Å². The van der Waals surface area contributed by atoms with Crippen molar-refractivity contribution in [3.8, 4) is 10.6 Å². The van der Waals surface area contributed by atoms with E-state index in [1.807, 2.05) is 18.2 Å². The summed E-state index contributed by atoms with van der Waals surface area (Å²) in [6, 6.07) is 10.1. The van der Waals surface area contributed by atoms with Gasteiger partial charge in [0.2, 0.25) is 0 Å². The maximum atomic E-state index is 11.1. The van der Waals surface area contributed by atoms with Crippen LogP contribution < -0.4 is 0 Å². The van der Waals surface area contributed by atoms with E-state index in [-0.39, 0.29) is 5.92 Å². The molecule has 2 heterocycles. The number of nitrogens with zero attached hydrogens (tertiary/aromatic N) is 2. The number of carboxylic acid groups (broad SMARTS) is 1. The summed E-state index contributed by atoms with van der Waals surface area (Å²) in [6.45, 7) is 2.34. The molecule has 1 saturated heterocycles. The van der Waals surface area contributed by atoms with E-state index in [2.05, 4.69) is 27.4 Å². The van der Waals surface area contributed by atoms with Crippen molar-refractivity contribution in [2.75, 3.05) is 13.1 Å². The van der Waals surface area contributed by atoms with E-state index < -0.39 is 5.97 Å². The number of hydrogen-bond acceptors (Lipinski definition) is 4. The third-order valence-corrected chi connectivity index (χ3v) is 4.75. The predicted octanol–water partition coefficient (Wildman–Crippen LogP) is 3.11. The van der Waals surface area contributed by atoms with Gasteiger partial charge in [-0.2, -0.15) is 0 Å². The molecule has 0 radical (unpaired) electrons. The quantitative estimate of drug-likeness (QED) is 0.943. The summed E-state index contributed by atoms with van der Waals surface area (Å²) in [5, 5.41) is 12.2. The van der Waals surface area contributed by atoms with Crippen LogP contribution in [0, 0.1) is 5.92 Å². The predicted molar refractivity (Wildman–Crippen MR) is 83.2 cm³/mol. The Hall–Kier alpha value is -1.72. The Morgan fingerprint density at radius 2 is 2.19 bits per heavy atom. The number of likely N-dealkylation sites (tertiary alicyclic amines) is 1. The fourth-order valence-electron chi connectivity index (χ4n) is 2.72. The molecule has 3 rings (SSSR count). The molecule has 4 nitrogen and oxygen atoms in total. The molecule has 0 aliphatic carbocycles. The second kappa shape index (κ2) is 6.37. The van der Waals surface area contributed by atoms with Gasteiger partial charge < -0.3 is 5.11 Å². The summed E-state index contributed by atoms with van der Waals surface area (Å²) in [7, 11) is 0. The average molecular weight is 302 g/mol. The normalized spacial score (nSPS) is 19.5. The van der Waals surface area contributed by atoms with Gasteiger partial charge in [-0.3, -0.25) is 9.69 Å². The number of aromatic nitrogens is 1. The second-order valence-corrected chi connectivity index (χ2v) is 6.28. The van der Waals surface area contributed by atoms with Crippen LogP contribution in [-0.4, -0.2) is 34.0 Å². The second-order valence-electron chi connectivity index (χ2n) is 5.42. The summed E-state index contributed by atoms with van der Waals surface area (Å²) in [6.07, 6.45) is 1.74. The monoisotopic (exact) mass is 302 g/mol. The lowest BCUT2D eigenvalue weighted by molar-refractivity contribution is -0.143. The first-order valence-electron chi connectivity index (χ1n) is 7.17. The molecule has 21 heavy (non-hydrogen) atoms. The van der Waals surface area contributed by atoms with Gasteiger partial charge in [0.25, 0.3) is 0 Å². The summed E-state index contributed by atoms with van der Waals surface area (Å²) >= 11 is 1.64. The van der Waals surface area contributed by atoms with E-state index in [0.29, 0.717) is 6.54 Å². The molecule has 0 saturated carbocycles. The van der Waals surface area contributed by atoms with Gasteiger partial charge >= 0.3 is 5.97 Å². The maximum absolute atomic E-state index is 11.1. The zero-order valence-electron chi connectivity index (χ0n) is 11.7. The van der Waals surface area contributed by atoms with Gasteiger partial charge in [0, 0.05) is 24.0 Å². The van der Waals surface area contributed by atoms with E-state index in [1.165, 1.54) is 0 Å². The van der Waals surface area contributed by atoms with Crippen molar-refractivity contribution < 1.29 is 9.90 Å². The van der Waals surface area contributed by atoms with Crippen LogP contribution in [0.15, 0.2) is 35.7 Å². The topological polar surface area (TPSA) is 53.4 Å². The first-order chi connectivity index (χ1) is 10.2. The summed E-state index contributed by atoms with van der Waals surface area (Å²) < 4.78 is 0. The molecule has 0 bridgehead atoms. The molecule has 1 atom stereocenters. The summed E-state index contributed by atoms with van der Waals surface area (Å²) in [5.74, 6) is -0.908. The van der Waals surface area contributed by atoms with Crippen molar-refractivity contribution >= 4 is 17.3 Å². The zero-order chi connectivity index (χ0) is 14.7. The lowest BCUT2D eigenvalue weighted by Crippen LogP contribution is -2.38. The molecule has 5 heteroatoms. The van der Waals surface area contributed by atoms with Crippen molar-refractivity contribution in [2.45, 2.75) is 19.4 Å². The minimum atomic E-state index is -0.678. The minimum absolute atomic E-state index is 0.231. The van der Waals surface area contributed by atoms with Crippen LogP contribution in [0.5, 0.6) is 0 Å². The van der Waals surface area contributed by atoms with Crippen LogP contribution in [0.2, 0.25) is 0 Å². The highest BCUT2D eigenvalue weighted by Crippen LogP contribution is 2.25. The Morgan fingerprint density at radius 3 is 2.95 bits per heavy atom. The van der Waals surface area contributed by atoms with Gasteiger partial charge in [-0.25, -0.2) is 4.98 Å². The molecule has 1 aromatic carbocycles. The van der Waals surface area contributed by atoms with E-state index in [9.17, 15) is 4.79 Å². The van der Waals surface area contributed by atoms with Crippen LogP contribution in [-0.2, 0) is 11.3 Å². The molecule has 2 aromatic rings. The Morgan fingerprint density at radius 1 is 1.38 bits per heavy atom. The first-order valence-corrected chi connectivity index (χ1v) is 8.05. The highest BCUT2D eigenvalue weighted by molar-refractivity contribution is 7.13. The molecular weight excluding hydrogens is 284 g/mol. The van der Waals surface area contributed by atoms with Crippen LogP contribution in [0.1, 0.15) is 18.5 Å². The molecule has 1 aliphatic rings. The van der Waals surface area contributed by atoms with E-state index in [4.69, 9.17) is 5.11 Å². The Kier molecular flexibility index (Phi) is 4.31. The lowest BCUT2D eigenvalue weighted by Gasteiger charge is -2.29. The number of thiazole rings is 1. The molecule has 1 unspecified atom stereocenters. The van der Waals surface area contributed by atoms with Crippen LogP contribution in [0.4, 0.5) is 0 Å². The van der Waals surface area contributed by atoms with Crippen molar-refractivity contribution in [1.82, 2.24) is 9.88 Å². The fourth-order valence-corrected chi connectivity index (χ4v) is 3.54. The average Bonchev–Trinajstić information content (AvgIpc) is 2.97. The Labute approximate surface area is 128 Å². The van der Waals surface area contributed by atoms with Crippen LogP contribution >= 0.6 is 11.3 Å². The zero-order valence-corrected chi connectivity index (χ0v) is 12.6. The standard InChI is InChI=1S/C16H18N2O2S/c19-16(20)13-7-4-8-18(9-13)10-14-11-21-15(17-14)12-5-2-1-3-6-12/h1-3,5-6,11,13H,4,7-10H2,(H,19,20). The van der Waals surface area contributed by atoms with E-state index >= 15 is 0 Å². The van der Waals surface area contributed by atoms with E-state index in [1.54, 1.807) is 11.3 Å². The molecular formula is C16H18N2O2S. The molecule has 1 aliphatic heterocycles. The molecule has 1 fully saturated rings. The smallest absolute Gasteiger partial charge is 0.307 e. The van der Waals surface area contributed by atoms with Gasteiger partial charge in [0.05, 0.1) is 11.6 Å². The Bertz CT molecular complexity index is 612. The van der Waals surface area contributed by atoms with Crippen LogP contribution in [0.3, 0.4) is 0 Å². The number of rotatable bonds is 4. The van der Waals surface area contributed by atoms with Crippen LogP contribution in [0.25, 0.3) is 10.6 Å². The van der Waals surface area contributed by atoms with Crippen molar-refractivity contribution in [2.24, 2.45) is 5.92 Å². The lowest BCUT2D eigenvalue weighted by atomic mass is 9.98. The number of carbonyl (C=O) groups is 1. The highest BCUT2D eigenvalue weighted by Gasteiger charge is 2.25. The molecule has 0 spiro atoms. The summed E-state index contributed by atoms with van der Waals surface area (Å²) in [4.78, 5) is 18.0. The third-order valence-electron chi connectivity index (χ3n) is 3.81. The number of aliphatic carboxylic acids is 1. The van der Waals surface area contributed by atoms with Gasteiger partial charge in [0.15, 0.2) is 0 Å². The Balaban J connectivity index is 1.66. The van der Waals surface area contributed by atoms with E-state index in [0.717, 1.165) is 42.2 Å². The molecule has 110 valence electrons. The van der Waals surface area contributed by atoms with Crippen molar-refractivity contribution in [3.63, 3.8) is 0 Å². The van der Waals surface area contributed by atoms with Gasteiger partial charge in [0.1, 0.15) is 5.01 Å². The maximum Gasteiger partial charge on any atom is 0.307 e. The van der Waals surface area contributed by atoms with Crippen molar-refractivity contribution in [1.29, 1.82) is 0 Å². The number of benzene rings is 1. The number of carboxylic acids is 1. The third kappa shape index (κ3) is 3.49. The largest absolute Gasteiger partial charge is 0.481 e. The molecule has 0 amide bonds. The molecule has 1 aromatic heterocycles. The number of piperidine rings is 1. The highest BCUT2D eigenvalue weighted by atomic mass is 32.1. The van der Waals surface area contributed by atoms with Crippen molar-refractivity contribution in [3.05, 3.63) is 41.4 Å². The first kappa shape index (κ1) is 14.2. The number of hydrogen-bond donors (Lipinski definition) is 1. The SMILES string of the molecule is O=C(O)C1CCCN(Cc2csc(-c3ccccc3)n2)C1. The summed E-state index contributed by atoms with van der Waals surface area (Å²) in [5.41, 5.74) is 2.17.